The predicted molar refractivity (Wildman–Crippen MR) is 81.5 cm³/mol. The van der Waals surface area contributed by atoms with E-state index in [1.165, 1.54) is 12.8 Å². The largest absolute Gasteiger partial charge is 0.340 e. The lowest BCUT2D eigenvalue weighted by Gasteiger charge is -2.28. The van der Waals surface area contributed by atoms with Crippen molar-refractivity contribution in [1.82, 2.24) is 10.2 Å². The van der Waals surface area contributed by atoms with Crippen molar-refractivity contribution in [3.05, 3.63) is 33.8 Å². The molecule has 1 saturated heterocycles. The van der Waals surface area contributed by atoms with E-state index in [1.807, 2.05) is 37.1 Å². The maximum Gasteiger partial charge on any atom is 0.253 e. The number of nitrogens with one attached hydrogen (secondary N) is 1. The molecule has 0 radical (unpaired) electrons. The molecule has 1 atom stereocenters. The van der Waals surface area contributed by atoms with Gasteiger partial charge in [0.05, 0.1) is 0 Å². The fraction of sp³-hybridized carbons (Fsp3) is 0.533. The molecule has 104 valence electrons. The number of nitrogens with zero attached hydrogens (tertiary/aromatic N) is 1. The molecule has 1 aliphatic heterocycles. The number of hydrogen-bond acceptors (Lipinski definition) is 2. The Kier molecular flexibility index (Phi) is 4.99. The standard InChI is InChI=1S/C15H21BrN2O/c1-11-9-12(6-7-14(11)16)15(19)18(2)10-13-5-3-4-8-17-13/h6-7,9,13,17H,3-5,8,10H2,1-2H3. The van der Waals surface area contributed by atoms with Crippen LogP contribution < -0.4 is 5.32 Å². The van der Waals surface area contributed by atoms with Gasteiger partial charge in [-0.2, -0.15) is 0 Å². The molecular weight excluding hydrogens is 304 g/mol. The second kappa shape index (κ2) is 6.53. The second-order valence-corrected chi connectivity index (χ2v) is 6.15. The maximum atomic E-state index is 12.4. The summed E-state index contributed by atoms with van der Waals surface area (Å²) >= 11 is 3.46. The summed E-state index contributed by atoms with van der Waals surface area (Å²) in [5, 5.41) is 3.48. The van der Waals surface area contributed by atoms with Gasteiger partial charge < -0.3 is 10.2 Å². The van der Waals surface area contributed by atoms with E-state index in [0.717, 1.165) is 35.1 Å². The van der Waals surface area contributed by atoms with E-state index in [0.29, 0.717) is 6.04 Å². The third-order valence-electron chi connectivity index (χ3n) is 3.66. The SMILES string of the molecule is Cc1cc(C(=O)N(C)CC2CCCCN2)ccc1Br. The third kappa shape index (κ3) is 3.80. The predicted octanol–water partition coefficient (Wildman–Crippen LogP) is 2.97. The second-order valence-electron chi connectivity index (χ2n) is 5.30. The zero-order chi connectivity index (χ0) is 13.8. The first kappa shape index (κ1) is 14.5. The molecule has 1 aromatic carbocycles. The number of likely N-dealkylation sites (N-methyl/N-ethyl adjacent to an activating group) is 1. The van der Waals surface area contributed by atoms with E-state index in [9.17, 15) is 4.79 Å². The highest BCUT2D eigenvalue weighted by Crippen LogP contribution is 2.18. The normalized spacial score (nSPS) is 19.2. The highest BCUT2D eigenvalue weighted by molar-refractivity contribution is 9.10. The van der Waals surface area contributed by atoms with Crippen LogP contribution in [0.2, 0.25) is 0 Å². The highest BCUT2D eigenvalue weighted by Gasteiger charge is 2.18. The van der Waals surface area contributed by atoms with Gasteiger partial charge in [0.25, 0.3) is 5.91 Å². The number of hydrogen-bond donors (Lipinski definition) is 1. The van der Waals surface area contributed by atoms with Crippen molar-refractivity contribution in [3.8, 4) is 0 Å². The smallest absolute Gasteiger partial charge is 0.253 e. The number of carbonyl (C=O) groups is 1. The monoisotopic (exact) mass is 324 g/mol. The van der Waals surface area contributed by atoms with Gasteiger partial charge in [-0.25, -0.2) is 0 Å². The maximum absolute atomic E-state index is 12.4. The summed E-state index contributed by atoms with van der Waals surface area (Å²) < 4.78 is 1.04. The van der Waals surface area contributed by atoms with Gasteiger partial charge in [-0.05, 0) is 50.1 Å². The molecule has 1 unspecified atom stereocenters. The Morgan fingerprint density at radius 2 is 2.26 bits per heavy atom. The molecule has 2 rings (SSSR count). The summed E-state index contributed by atoms with van der Waals surface area (Å²) in [6.07, 6.45) is 3.67. The Bertz CT molecular complexity index is 455. The fourth-order valence-electron chi connectivity index (χ4n) is 2.49. The molecule has 0 bridgehead atoms. The van der Waals surface area contributed by atoms with Crippen LogP contribution in [0.1, 0.15) is 35.2 Å². The number of rotatable bonds is 3. The first-order chi connectivity index (χ1) is 9.08. The average molecular weight is 325 g/mol. The van der Waals surface area contributed by atoms with Crippen molar-refractivity contribution in [3.63, 3.8) is 0 Å². The molecule has 0 aromatic heterocycles. The first-order valence-corrected chi connectivity index (χ1v) is 7.62. The van der Waals surface area contributed by atoms with Crippen molar-refractivity contribution in [2.45, 2.75) is 32.2 Å². The van der Waals surface area contributed by atoms with Crippen molar-refractivity contribution < 1.29 is 4.79 Å². The number of amides is 1. The molecule has 0 spiro atoms. The Morgan fingerprint density at radius 3 is 2.89 bits per heavy atom. The topological polar surface area (TPSA) is 32.3 Å². The minimum Gasteiger partial charge on any atom is -0.340 e. The summed E-state index contributed by atoms with van der Waals surface area (Å²) in [5.74, 6) is 0.1000. The van der Waals surface area contributed by atoms with E-state index in [-0.39, 0.29) is 5.91 Å². The molecule has 1 heterocycles. The van der Waals surface area contributed by atoms with Crippen LogP contribution in [0.5, 0.6) is 0 Å². The van der Waals surface area contributed by atoms with Crippen molar-refractivity contribution in [2.75, 3.05) is 20.1 Å². The minimum absolute atomic E-state index is 0.1000. The van der Waals surface area contributed by atoms with Crippen molar-refractivity contribution in [1.29, 1.82) is 0 Å². The number of benzene rings is 1. The van der Waals surface area contributed by atoms with E-state index < -0.39 is 0 Å². The van der Waals surface area contributed by atoms with Gasteiger partial charge in [-0.15, -0.1) is 0 Å². The zero-order valence-corrected chi connectivity index (χ0v) is 13.2. The summed E-state index contributed by atoms with van der Waals surface area (Å²) in [6.45, 7) is 3.86. The summed E-state index contributed by atoms with van der Waals surface area (Å²) in [6, 6.07) is 6.20. The van der Waals surface area contributed by atoms with Crippen LogP contribution in [0, 0.1) is 6.92 Å². The molecule has 3 nitrogen and oxygen atoms in total. The van der Waals surface area contributed by atoms with Crippen LogP contribution in [0.3, 0.4) is 0 Å². The van der Waals surface area contributed by atoms with Crippen LogP contribution in [0.4, 0.5) is 0 Å². The molecule has 1 aromatic rings. The summed E-state index contributed by atoms with van der Waals surface area (Å²) in [7, 11) is 1.88. The molecule has 1 aliphatic rings. The van der Waals surface area contributed by atoms with Crippen LogP contribution >= 0.6 is 15.9 Å². The number of carbonyl (C=O) groups excluding carboxylic acids is 1. The quantitative estimate of drug-likeness (QED) is 0.927. The number of halogens is 1. The molecule has 0 saturated carbocycles. The Morgan fingerprint density at radius 1 is 1.47 bits per heavy atom. The lowest BCUT2D eigenvalue weighted by atomic mass is 10.0. The van der Waals surface area contributed by atoms with Crippen molar-refractivity contribution >= 4 is 21.8 Å². The van der Waals surface area contributed by atoms with Gasteiger partial charge in [0.1, 0.15) is 0 Å². The number of piperidine rings is 1. The van der Waals surface area contributed by atoms with Gasteiger partial charge in [-0.1, -0.05) is 22.4 Å². The number of aryl methyl sites for hydroxylation is 1. The van der Waals surface area contributed by atoms with Gasteiger partial charge >= 0.3 is 0 Å². The van der Waals surface area contributed by atoms with Crippen LogP contribution in [-0.2, 0) is 0 Å². The minimum atomic E-state index is 0.1000. The van der Waals surface area contributed by atoms with Gasteiger partial charge in [0.2, 0.25) is 0 Å². The van der Waals surface area contributed by atoms with E-state index in [2.05, 4.69) is 21.2 Å². The van der Waals surface area contributed by atoms with Crippen LogP contribution in [-0.4, -0.2) is 37.0 Å². The van der Waals surface area contributed by atoms with Gasteiger partial charge in [-0.3, -0.25) is 4.79 Å². The lowest BCUT2D eigenvalue weighted by molar-refractivity contribution is 0.0775. The molecule has 1 fully saturated rings. The van der Waals surface area contributed by atoms with Gasteiger partial charge in [0, 0.05) is 29.7 Å². The molecule has 19 heavy (non-hydrogen) atoms. The Labute approximate surface area is 123 Å². The van der Waals surface area contributed by atoms with Crippen LogP contribution in [0.25, 0.3) is 0 Å². The highest BCUT2D eigenvalue weighted by atomic mass is 79.9. The fourth-order valence-corrected chi connectivity index (χ4v) is 2.74. The van der Waals surface area contributed by atoms with Gasteiger partial charge in [0.15, 0.2) is 0 Å². The van der Waals surface area contributed by atoms with Crippen LogP contribution in [0.15, 0.2) is 22.7 Å². The summed E-state index contributed by atoms with van der Waals surface area (Å²) in [4.78, 5) is 14.2. The summed E-state index contributed by atoms with van der Waals surface area (Å²) in [5.41, 5.74) is 1.86. The molecular formula is C15H21BrN2O. The Hall–Kier alpha value is -0.870. The molecule has 0 aliphatic carbocycles. The molecule has 1 amide bonds. The first-order valence-electron chi connectivity index (χ1n) is 6.83. The molecule has 1 N–H and O–H groups in total. The van der Waals surface area contributed by atoms with E-state index >= 15 is 0 Å². The average Bonchev–Trinajstić information content (AvgIpc) is 2.42. The van der Waals surface area contributed by atoms with E-state index in [4.69, 9.17) is 0 Å². The third-order valence-corrected chi connectivity index (χ3v) is 4.55. The van der Waals surface area contributed by atoms with Crippen molar-refractivity contribution in [2.24, 2.45) is 0 Å². The lowest BCUT2D eigenvalue weighted by Crippen LogP contribution is -2.44. The molecule has 4 heteroatoms. The zero-order valence-electron chi connectivity index (χ0n) is 11.6. The van der Waals surface area contributed by atoms with E-state index in [1.54, 1.807) is 0 Å². The Balaban J connectivity index is 1.99.